The van der Waals surface area contributed by atoms with Crippen LogP contribution in [0.1, 0.15) is 0 Å². The molecule has 0 aromatic heterocycles. The number of ether oxygens (including phenoxy) is 1. The van der Waals surface area contributed by atoms with E-state index in [1.165, 1.54) is 0 Å². The number of rotatable bonds is 0. The highest BCUT2D eigenvalue weighted by Crippen LogP contribution is 1.85. The Bertz CT molecular complexity index is 73.8. The first-order chi connectivity index (χ1) is 3.39. The smallest absolute Gasteiger partial charge is 0.232 e. The van der Waals surface area contributed by atoms with Gasteiger partial charge >= 0.3 is 0 Å². The van der Waals surface area contributed by atoms with Gasteiger partial charge in [0.25, 0.3) is 0 Å². The number of hydrogen-bond acceptors (Lipinski definition) is 2. The van der Waals surface area contributed by atoms with E-state index >= 15 is 0 Å². The van der Waals surface area contributed by atoms with Crippen molar-refractivity contribution in [2.24, 2.45) is 0 Å². The molecule has 1 fully saturated rings. The Morgan fingerprint density at radius 2 is 2.71 bits per heavy atom. The quantitative estimate of drug-likeness (QED) is 0.430. The summed E-state index contributed by atoms with van der Waals surface area (Å²) < 4.78 is 4.70. The van der Waals surface area contributed by atoms with Crippen molar-refractivity contribution >= 4 is 5.91 Å². The van der Waals surface area contributed by atoms with Gasteiger partial charge in [0.05, 0.1) is 6.61 Å². The lowest BCUT2D eigenvalue weighted by Gasteiger charge is -2.09. The molecular weight excluding hydrogens is 94.0 g/mol. The predicted molar refractivity (Wildman–Crippen MR) is 22.2 cm³/mol. The van der Waals surface area contributed by atoms with Crippen molar-refractivity contribution in [2.75, 3.05) is 13.3 Å². The molecule has 0 spiro atoms. The van der Waals surface area contributed by atoms with E-state index < -0.39 is 0 Å². The van der Waals surface area contributed by atoms with Crippen LogP contribution in [0.4, 0.5) is 0 Å². The molecule has 1 heterocycles. The zero-order valence-corrected chi connectivity index (χ0v) is 3.73. The van der Waals surface area contributed by atoms with Crippen molar-refractivity contribution in [3.8, 4) is 0 Å². The largest absolute Gasteiger partial charge is 0.360 e. The third kappa shape index (κ3) is 1.16. The van der Waals surface area contributed by atoms with Crippen molar-refractivity contribution in [1.82, 2.24) is 5.32 Å². The molecule has 1 aliphatic rings. The van der Waals surface area contributed by atoms with Gasteiger partial charge in [-0.3, -0.25) is 4.79 Å². The molecule has 1 amide bonds. The van der Waals surface area contributed by atoms with Crippen LogP contribution in [0.25, 0.3) is 0 Å². The maximum Gasteiger partial charge on any atom is 0.232 e. The maximum absolute atomic E-state index is 10.2. The summed E-state index contributed by atoms with van der Waals surface area (Å²) in [5.74, 6) is -0.161. The van der Waals surface area contributed by atoms with E-state index in [0.29, 0.717) is 13.3 Å². The van der Waals surface area contributed by atoms with E-state index in [4.69, 9.17) is 4.74 Å². The SMILES string of the molecule is O=C1[C]COCN1. The lowest BCUT2D eigenvalue weighted by Crippen LogP contribution is -2.32. The molecule has 0 bridgehead atoms. The Balaban J connectivity index is 2.25. The van der Waals surface area contributed by atoms with E-state index in [1.54, 1.807) is 0 Å². The van der Waals surface area contributed by atoms with Crippen LogP contribution in [0.15, 0.2) is 0 Å². The van der Waals surface area contributed by atoms with Crippen LogP contribution in [0, 0.1) is 6.42 Å². The number of nitrogens with one attached hydrogen (secondary N) is 1. The molecule has 1 saturated heterocycles. The fourth-order valence-electron chi connectivity index (χ4n) is 0.347. The lowest BCUT2D eigenvalue weighted by molar-refractivity contribution is -0.122. The molecule has 3 heteroatoms. The third-order valence-electron chi connectivity index (χ3n) is 0.670. The van der Waals surface area contributed by atoms with Crippen LogP contribution in [0.5, 0.6) is 0 Å². The van der Waals surface area contributed by atoms with Gasteiger partial charge < -0.3 is 10.1 Å². The van der Waals surface area contributed by atoms with E-state index in [-0.39, 0.29) is 5.91 Å². The highest BCUT2D eigenvalue weighted by atomic mass is 16.5. The third-order valence-corrected chi connectivity index (χ3v) is 0.670. The summed E-state index contributed by atoms with van der Waals surface area (Å²) in [7, 11) is 0. The minimum absolute atomic E-state index is 0.161. The van der Waals surface area contributed by atoms with E-state index in [2.05, 4.69) is 11.7 Å². The normalized spacial score (nSPS) is 21.4. The van der Waals surface area contributed by atoms with Crippen molar-refractivity contribution < 1.29 is 9.53 Å². The summed E-state index contributed by atoms with van der Waals surface area (Å²) in [6, 6.07) is 0. The molecule has 0 aromatic rings. The van der Waals surface area contributed by atoms with Crippen molar-refractivity contribution in [3.63, 3.8) is 0 Å². The molecule has 0 atom stereocenters. The summed E-state index contributed by atoms with van der Waals surface area (Å²) in [4.78, 5) is 10.2. The maximum atomic E-state index is 10.2. The summed E-state index contributed by atoms with van der Waals surface area (Å²) >= 11 is 0. The Labute approximate surface area is 41.7 Å². The van der Waals surface area contributed by atoms with Crippen LogP contribution in [0.3, 0.4) is 0 Å². The highest BCUT2D eigenvalue weighted by molar-refractivity contribution is 5.85. The topological polar surface area (TPSA) is 38.3 Å². The highest BCUT2D eigenvalue weighted by Gasteiger charge is 2.05. The second-order valence-corrected chi connectivity index (χ2v) is 1.18. The second kappa shape index (κ2) is 1.93. The van der Waals surface area contributed by atoms with Crippen LogP contribution in [0.2, 0.25) is 0 Å². The average Bonchev–Trinajstić information content (AvgIpc) is 1.69. The Morgan fingerprint density at radius 3 is 3.00 bits per heavy atom. The predicted octanol–water partition coefficient (Wildman–Crippen LogP) is -0.828. The van der Waals surface area contributed by atoms with Crippen LogP contribution in [-0.4, -0.2) is 19.2 Å². The van der Waals surface area contributed by atoms with Gasteiger partial charge in [0.2, 0.25) is 5.91 Å². The summed E-state index contributed by atoms with van der Waals surface area (Å²) in [6.07, 6.45) is 2.41. The van der Waals surface area contributed by atoms with Gasteiger partial charge in [-0.05, 0) is 0 Å². The van der Waals surface area contributed by atoms with Crippen molar-refractivity contribution in [2.45, 2.75) is 0 Å². The molecular formula is C4H5NO2. The van der Waals surface area contributed by atoms with Gasteiger partial charge in [-0.1, -0.05) is 0 Å². The first-order valence-corrected chi connectivity index (χ1v) is 1.99. The fraction of sp³-hybridized carbons (Fsp3) is 0.500. The van der Waals surface area contributed by atoms with Gasteiger partial charge in [-0.2, -0.15) is 0 Å². The van der Waals surface area contributed by atoms with Gasteiger partial charge in [0.1, 0.15) is 13.2 Å². The minimum Gasteiger partial charge on any atom is -0.360 e. The van der Waals surface area contributed by atoms with E-state index in [9.17, 15) is 4.79 Å². The summed E-state index contributed by atoms with van der Waals surface area (Å²) in [5, 5.41) is 2.41. The van der Waals surface area contributed by atoms with Gasteiger partial charge in [0, 0.05) is 0 Å². The molecule has 38 valence electrons. The summed E-state index contributed by atoms with van der Waals surface area (Å²) in [6.45, 7) is 0.650. The van der Waals surface area contributed by atoms with Crippen LogP contribution in [-0.2, 0) is 9.53 Å². The lowest BCUT2D eigenvalue weighted by atomic mass is 10.4. The number of hydrogen-bond donors (Lipinski definition) is 1. The van der Waals surface area contributed by atoms with E-state index in [1.807, 2.05) is 0 Å². The van der Waals surface area contributed by atoms with Crippen molar-refractivity contribution in [1.29, 1.82) is 0 Å². The van der Waals surface area contributed by atoms with Gasteiger partial charge in [-0.25, -0.2) is 0 Å². The minimum atomic E-state index is -0.161. The average molecular weight is 99.1 g/mol. The molecule has 0 unspecified atom stereocenters. The van der Waals surface area contributed by atoms with E-state index in [0.717, 1.165) is 0 Å². The molecule has 3 nitrogen and oxygen atoms in total. The fourth-order valence-corrected chi connectivity index (χ4v) is 0.347. The molecule has 0 aromatic carbocycles. The molecule has 1 aliphatic heterocycles. The Hall–Kier alpha value is -0.570. The second-order valence-electron chi connectivity index (χ2n) is 1.18. The van der Waals surface area contributed by atoms with Gasteiger partial charge in [-0.15, -0.1) is 0 Å². The molecule has 2 radical (unpaired) electrons. The molecule has 7 heavy (non-hydrogen) atoms. The summed E-state index contributed by atoms with van der Waals surface area (Å²) in [5.41, 5.74) is 0. The zero-order chi connectivity index (χ0) is 5.11. The number of carbonyl (C=O) groups is 1. The zero-order valence-electron chi connectivity index (χ0n) is 3.73. The molecule has 1 N–H and O–H groups in total. The Morgan fingerprint density at radius 1 is 1.86 bits per heavy atom. The molecule has 1 rings (SSSR count). The van der Waals surface area contributed by atoms with Crippen LogP contribution < -0.4 is 5.32 Å². The first-order valence-electron chi connectivity index (χ1n) is 1.99. The Kier molecular flexibility index (Phi) is 1.26. The van der Waals surface area contributed by atoms with Crippen LogP contribution >= 0.6 is 0 Å². The number of carbonyl (C=O) groups excluding carboxylic acids is 1. The first kappa shape index (κ1) is 4.59. The van der Waals surface area contributed by atoms with Crippen molar-refractivity contribution in [3.05, 3.63) is 6.42 Å². The molecule has 0 saturated carbocycles. The monoisotopic (exact) mass is 99.0 g/mol. The van der Waals surface area contributed by atoms with Gasteiger partial charge in [0.15, 0.2) is 0 Å². The number of amides is 1. The standard InChI is InChI=1S/C4H5NO2/c6-4-1-2-7-3-5-4/h2-3H2,(H,5,6). The molecule has 0 aliphatic carbocycles.